The maximum atomic E-state index is 12.8. The number of amides is 1. The summed E-state index contributed by atoms with van der Waals surface area (Å²) in [7, 11) is 0. The van der Waals surface area contributed by atoms with Gasteiger partial charge in [-0.3, -0.25) is 14.6 Å². The zero-order valence-electron chi connectivity index (χ0n) is 16.3. The molecule has 0 aliphatic rings. The Balaban J connectivity index is 1.82. The zero-order chi connectivity index (χ0) is 22.7. The van der Waals surface area contributed by atoms with Gasteiger partial charge in [0.25, 0.3) is 11.5 Å². The van der Waals surface area contributed by atoms with Crippen LogP contribution in [0.2, 0.25) is 10.0 Å². The number of pyridine rings is 1. The number of H-pyrrole nitrogens is 1. The molecule has 1 amide bonds. The fraction of sp³-hybridized carbons (Fsp3) is 0.0455. The number of carbonyl (C=O) groups is 1. The van der Waals surface area contributed by atoms with Gasteiger partial charge in [-0.2, -0.15) is 5.10 Å². The quantitative estimate of drug-likeness (QED) is 0.306. The van der Waals surface area contributed by atoms with E-state index in [1.165, 1.54) is 24.5 Å². The van der Waals surface area contributed by atoms with Crippen LogP contribution in [0, 0.1) is 0 Å². The number of fused-ring (bicyclic) bond motifs is 1. The van der Waals surface area contributed by atoms with E-state index in [2.05, 4.69) is 25.5 Å². The van der Waals surface area contributed by atoms with Gasteiger partial charge in [0.2, 0.25) is 0 Å². The molecule has 1 atom stereocenters. The highest BCUT2D eigenvalue weighted by Crippen LogP contribution is 2.25. The van der Waals surface area contributed by atoms with Gasteiger partial charge in [0, 0.05) is 33.6 Å². The minimum absolute atomic E-state index is 0.178. The molecule has 0 aliphatic heterocycles. The maximum absolute atomic E-state index is 12.8. The summed E-state index contributed by atoms with van der Waals surface area (Å²) < 4.78 is 0. The van der Waals surface area contributed by atoms with Crippen molar-refractivity contribution >= 4 is 45.9 Å². The third kappa shape index (κ3) is 4.52. The lowest BCUT2D eigenvalue weighted by Gasteiger charge is -2.15. The number of nitrogens with zero attached hydrogens (tertiary/aromatic N) is 3. The fourth-order valence-corrected chi connectivity index (χ4v) is 3.41. The summed E-state index contributed by atoms with van der Waals surface area (Å²) in [5, 5.41) is 15.8. The lowest BCUT2D eigenvalue weighted by atomic mass is 10.0. The SMILES string of the molecule is O=C(NN=C(c1nc2ccc(Cl)cc2[nH]c1=O)C(O)c1ccccc1Cl)c1ccncc1. The van der Waals surface area contributed by atoms with Crippen LogP contribution >= 0.6 is 23.2 Å². The van der Waals surface area contributed by atoms with Crippen LogP contribution in [0.4, 0.5) is 0 Å². The maximum Gasteiger partial charge on any atom is 0.276 e. The first-order valence-corrected chi connectivity index (χ1v) is 10.1. The highest BCUT2D eigenvalue weighted by molar-refractivity contribution is 6.32. The van der Waals surface area contributed by atoms with Gasteiger partial charge in [0.05, 0.1) is 11.0 Å². The predicted molar refractivity (Wildman–Crippen MR) is 122 cm³/mol. The third-order valence-electron chi connectivity index (χ3n) is 4.58. The number of aliphatic hydroxyl groups is 1. The number of aromatic nitrogens is 3. The molecule has 32 heavy (non-hydrogen) atoms. The molecule has 8 nitrogen and oxygen atoms in total. The molecule has 2 aromatic carbocycles. The van der Waals surface area contributed by atoms with Gasteiger partial charge < -0.3 is 10.1 Å². The smallest absolute Gasteiger partial charge is 0.276 e. The largest absolute Gasteiger partial charge is 0.382 e. The minimum Gasteiger partial charge on any atom is -0.382 e. The van der Waals surface area contributed by atoms with Crippen molar-refractivity contribution in [1.82, 2.24) is 20.4 Å². The van der Waals surface area contributed by atoms with Crippen LogP contribution in [0.3, 0.4) is 0 Å². The first-order chi connectivity index (χ1) is 15.4. The number of hydrogen-bond donors (Lipinski definition) is 3. The van der Waals surface area contributed by atoms with Gasteiger partial charge in [-0.05, 0) is 36.4 Å². The van der Waals surface area contributed by atoms with Gasteiger partial charge >= 0.3 is 0 Å². The average Bonchev–Trinajstić information content (AvgIpc) is 2.80. The van der Waals surface area contributed by atoms with E-state index < -0.39 is 17.6 Å². The molecule has 160 valence electrons. The second kappa shape index (κ2) is 9.27. The molecule has 2 aromatic heterocycles. The van der Waals surface area contributed by atoms with Crippen molar-refractivity contribution in [3.05, 3.63) is 104 Å². The normalized spacial score (nSPS) is 12.5. The van der Waals surface area contributed by atoms with Crippen molar-refractivity contribution in [2.45, 2.75) is 6.10 Å². The summed E-state index contributed by atoms with van der Waals surface area (Å²) >= 11 is 12.2. The van der Waals surface area contributed by atoms with Crippen LogP contribution < -0.4 is 11.0 Å². The van der Waals surface area contributed by atoms with E-state index in [0.717, 1.165) is 0 Å². The fourth-order valence-electron chi connectivity index (χ4n) is 3.00. The van der Waals surface area contributed by atoms with E-state index in [1.54, 1.807) is 42.5 Å². The molecular weight excluding hydrogens is 453 g/mol. The summed E-state index contributed by atoms with van der Waals surface area (Å²) in [5.41, 5.74) is 2.80. The van der Waals surface area contributed by atoms with Crippen molar-refractivity contribution < 1.29 is 9.90 Å². The molecule has 0 aliphatic carbocycles. The van der Waals surface area contributed by atoms with E-state index in [-0.39, 0.29) is 16.4 Å². The minimum atomic E-state index is -1.44. The molecule has 0 spiro atoms. The lowest BCUT2D eigenvalue weighted by Crippen LogP contribution is -2.29. The molecule has 0 radical (unpaired) electrons. The number of nitrogens with one attached hydrogen (secondary N) is 2. The topological polar surface area (TPSA) is 120 Å². The molecule has 0 saturated carbocycles. The molecule has 2 heterocycles. The first-order valence-electron chi connectivity index (χ1n) is 9.34. The van der Waals surface area contributed by atoms with Crippen molar-refractivity contribution in [3.63, 3.8) is 0 Å². The monoisotopic (exact) mass is 467 g/mol. The number of aliphatic hydroxyl groups excluding tert-OH is 1. The number of halogens is 2. The van der Waals surface area contributed by atoms with E-state index in [9.17, 15) is 14.7 Å². The van der Waals surface area contributed by atoms with Crippen molar-refractivity contribution in [2.24, 2.45) is 5.10 Å². The number of rotatable bonds is 5. The first kappa shape index (κ1) is 21.6. The van der Waals surface area contributed by atoms with Gasteiger partial charge in [-0.15, -0.1) is 0 Å². The van der Waals surface area contributed by atoms with Crippen LogP contribution in [-0.2, 0) is 0 Å². The molecule has 4 aromatic rings. The standard InChI is InChI=1S/C22H15Cl2N5O3/c23-13-5-6-16-17(11-13)27-22(32)19(26-16)18(20(30)14-3-1-2-4-15(14)24)28-29-21(31)12-7-9-25-10-8-12/h1-11,20,30H,(H,27,32)(H,29,31). The Morgan fingerprint density at radius 1 is 1.09 bits per heavy atom. The number of carbonyl (C=O) groups excluding carboxylic acids is 1. The second-order valence-electron chi connectivity index (χ2n) is 6.67. The molecule has 1 unspecified atom stereocenters. The van der Waals surface area contributed by atoms with E-state index in [1.807, 2.05) is 0 Å². The Labute approximate surface area is 191 Å². The van der Waals surface area contributed by atoms with Crippen molar-refractivity contribution in [1.29, 1.82) is 0 Å². The Hall–Kier alpha value is -3.59. The van der Waals surface area contributed by atoms with E-state index in [0.29, 0.717) is 27.2 Å². The van der Waals surface area contributed by atoms with Gasteiger partial charge in [-0.1, -0.05) is 41.4 Å². The number of hydrogen-bond acceptors (Lipinski definition) is 6. The zero-order valence-corrected chi connectivity index (χ0v) is 17.8. The highest BCUT2D eigenvalue weighted by Gasteiger charge is 2.24. The highest BCUT2D eigenvalue weighted by atomic mass is 35.5. The van der Waals surface area contributed by atoms with E-state index in [4.69, 9.17) is 23.2 Å². The van der Waals surface area contributed by atoms with Crippen LogP contribution in [0.25, 0.3) is 11.0 Å². The van der Waals surface area contributed by atoms with Crippen LogP contribution in [0.5, 0.6) is 0 Å². The van der Waals surface area contributed by atoms with E-state index >= 15 is 0 Å². The number of aromatic amines is 1. The van der Waals surface area contributed by atoms with Gasteiger partial charge in [0.15, 0.2) is 5.69 Å². The molecule has 4 rings (SSSR count). The second-order valence-corrected chi connectivity index (χ2v) is 7.52. The Bertz CT molecular complexity index is 1390. The summed E-state index contributed by atoms with van der Waals surface area (Å²) in [4.78, 5) is 36.2. The molecule has 0 bridgehead atoms. The molecule has 10 heteroatoms. The number of benzene rings is 2. The van der Waals surface area contributed by atoms with Crippen LogP contribution in [-0.4, -0.2) is 31.7 Å². The summed E-state index contributed by atoms with van der Waals surface area (Å²) in [6, 6.07) is 14.3. The third-order valence-corrected chi connectivity index (χ3v) is 5.16. The van der Waals surface area contributed by atoms with Gasteiger partial charge in [0.1, 0.15) is 11.8 Å². The van der Waals surface area contributed by atoms with Crippen LogP contribution in [0.1, 0.15) is 27.7 Å². The Morgan fingerprint density at radius 3 is 2.59 bits per heavy atom. The lowest BCUT2D eigenvalue weighted by molar-refractivity contribution is 0.0954. The van der Waals surface area contributed by atoms with Crippen molar-refractivity contribution in [2.75, 3.05) is 0 Å². The van der Waals surface area contributed by atoms with Crippen LogP contribution in [0.15, 0.2) is 76.9 Å². The predicted octanol–water partition coefficient (Wildman–Crippen LogP) is 3.49. The molecule has 3 N–H and O–H groups in total. The summed E-state index contributed by atoms with van der Waals surface area (Å²) in [6.45, 7) is 0. The molecule has 0 fully saturated rings. The van der Waals surface area contributed by atoms with Crippen molar-refractivity contribution in [3.8, 4) is 0 Å². The summed E-state index contributed by atoms with van der Waals surface area (Å²) in [5.74, 6) is -0.555. The molecule has 0 saturated heterocycles. The Morgan fingerprint density at radius 2 is 1.84 bits per heavy atom. The summed E-state index contributed by atoms with van der Waals surface area (Å²) in [6.07, 6.45) is 1.47. The molecular formula is C22H15Cl2N5O3. The number of hydrazone groups is 1. The average molecular weight is 468 g/mol. The Kier molecular flexibility index (Phi) is 6.27. The van der Waals surface area contributed by atoms with Gasteiger partial charge in [-0.25, -0.2) is 10.4 Å².